The summed E-state index contributed by atoms with van der Waals surface area (Å²) in [4.78, 5) is 73.4. The van der Waals surface area contributed by atoms with Gasteiger partial charge in [0.2, 0.25) is 11.8 Å². The maximum Gasteiger partial charge on any atom is 0.268 e. The molecule has 0 aromatic carbocycles. The van der Waals surface area contributed by atoms with E-state index < -0.39 is 51.5 Å². The molecule has 1 fully saturated rings. The minimum atomic E-state index is -4.61. The van der Waals surface area contributed by atoms with E-state index in [0.717, 1.165) is 34.8 Å². The number of rotatable bonds is 18. The third kappa shape index (κ3) is 12.3. The van der Waals surface area contributed by atoms with Crippen molar-refractivity contribution in [2.24, 2.45) is 0 Å². The van der Waals surface area contributed by atoms with Crippen molar-refractivity contribution in [1.82, 2.24) is 9.80 Å². The van der Waals surface area contributed by atoms with Crippen molar-refractivity contribution in [3.8, 4) is 0 Å². The molecule has 0 aliphatic carbocycles. The fourth-order valence-corrected chi connectivity index (χ4v) is 6.46. The molecule has 0 radical (unpaired) electrons. The Kier molecular flexibility index (Phi) is 13.0. The Hall–Kier alpha value is -1.41. The first-order chi connectivity index (χ1) is 18.1. The Labute approximate surface area is 231 Å². The number of unbranched alkanes of at least 4 members (excludes halogenated alkanes) is 3. The molecule has 2 rings (SSSR count). The quantitative estimate of drug-likeness (QED) is 0.122. The Morgan fingerprint density at radius 3 is 2.00 bits per heavy atom. The highest BCUT2D eigenvalue weighted by molar-refractivity contribution is 8.00. The van der Waals surface area contributed by atoms with Crippen LogP contribution < -0.4 is 9.79 Å². The van der Waals surface area contributed by atoms with Crippen LogP contribution in [0, 0.1) is 0 Å². The molecule has 0 saturated carbocycles. The number of imide groups is 2. The molecule has 4 amide bonds. The number of hydrogen-bond donors (Lipinski definition) is 0. The van der Waals surface area contributed by atoms with E-state index in [9.17, 15) is 38.1 Å². The van der Waals surface area contributed by atoms with Gasteiger partial charge >= 0.3 is 0 Å². The summed E-state index contributed by atoms with van der Waals surface area (Å²) in [6, 6.07) is 0. The molecule has 0 bridgehead atoms. The van der Waals surface area contributed by atoms with Gasteiger partial charge in [-0.1, -0.05) is 12.8 Å². The summed E-state index contributed by atoms with van der Waals surface area (Å²) >= 11 is 1.36. The standard InChI is InChI=1S/C22H36N2O12P2S/c1-22(2,3)36-38(31,32)35-14-13-34-37(29,30)33-12-6-4-5-7-15-39-17-16-20(27)24(21(17)28)11-10-23-18(25)8-9-19(23)26/h8-9,17H,4-7,10-16H2,1-3H3,(H,29,30)(H,31,32)/p-2. The van der Waals surface area contributed by atoms with Gasteiger partial charge < -0.3 is 27.9 Å². The average Bonchev–Trinajstić information content (AvgIpc) is 3.27. The number of hydrogen-bond acceptors (Lipinski definition) is 13. The Balaban J connectivity index is 1.52. The number of phosphoric acid groups is 2. The first-order valence-electron chi connectivity index (χ1n) is 12.4. The molecule has 2 aliphatic rings. The number of thioether (sulfide) groups is 1. The number of phosphoric ester groups is 2. The maximum absolute atomic E-state index is 12.5. The van der Waals surface area contributed by atoms with Gasteiger partial charge in [-0.15, -0.1) is 11.8 Å². The zero-order valence-electron chi connectivity index (χ0n) is 22.1. The Bertz CT molecular complexity index is 1010. The lowest BCUT2D eigenvalue weighted by Crippen LogP contribution is -2.41. The monoisotopic (exact) mass is 612 g/mol. The van der Waals surface area contributed by atoms with Gasteiger partial charge in [-0.3, -0.25) is 38.1 Å². The summed E-state index contributed by atoms with van der Waals surface area (Å²) in [6.07, 6.45) is 4.92. The minimum absolute atomic E-state index is 0.0285. The van der Waals surface area contributed by atoms with E-state index in [4.69, 9.17) is 9.05 Å². The topological polar surface area (TPSA) is 192 Å². The fourth-order valence-electron chi connectivity index (χ4n) is 3.53. The van der Waals surface area contributed by atoms with Gasteiger partial charge in [0.15, 0.2) is 0 Å². The maximum atomic E-state index is 12.5. The zero-order chi connectivity index (χ0) is 29.3. The van der Waals surface area contributed by atoms with Crippen molar-refractivity contribution < 1.29 is 56.2 Å². The summed E-state index contributed by atoms with van der Waals surface area (Å²) in [5.74, 6) is -0.978. The molecule has 17 heteroatoms. The molecule has 222 valence electrons. The van der Waals surface area contributed by atoms with Crippen LogP contribution in [0.2, 0.25) is 0 Å². The van der Waals surface area contributed by atoms with Crippen molar-refractivity contribution in [2.45, 2.75) is 63.7 Å². The van der Waals surface area contributed by atoms with Gasteiger partial charge in [0.25, 0.3) is 27.5 Å². The van der Waals surface area contributed by atoms with Gasteiger partial charge in [-0.05, 0) is 39.4 Å². The summed E-state index contributed by atoms with van der Waals surface area (Å²) in [5.41, 5.74) is -0.986. The normalized spacial score (nSPS) is 21.2. The van der Waals surface area contributed by atoms with Crippen molar-refractivity contribution >= 4 is 51.0 Å². The molecule has 1 saturated heterocycles. The third-order valence-electron chi connectivity index (χ3n) is 5.23. The fraction of sp³-hybridized carbons (Fsp3) is 0.727. The molecule has 0 spiro atoms. The summed E-state index contributed by atoms with van der Waals surface area (Å²) in [5, 5.41) is -0.507. The molecular weight excluding hydrogens is 578 g/mol. The smallest absolute Gasteiger partial charge is 0.268 e. The summed E-state index contributed by atoms with van der Waals surface area (Å²) < 4.78 is 41.9. The predicted octanol–water partition coefficient (Wildman–Crippen LogP) is 1.13. The highest BCUT2D eigenvalue weighted by Crippen LogP contribution is 2.43. The molecule has 0 N–H and O–H groups in total. The van der Waals surface area contributed by atoms with Crippen LogP contribution in [0.4, 0.5) is 0 Å². The van der Waals surface area contributed by atoms with E-state index in [2.05, 4.69) is 9.05 Å². The SMILES string of the molecule is CC(C)(C)OP(=O)([O-])OCCOP(=O)([O-])OCCCCCCSC1CC(=O)N(CCN2C(=O)C=CC2=O)C1=O. The summed E-state index contributed by atoms with van der Waals surface area (Å²) in [7, 11) is -9.21. The van der Waals surface area contributed by atoms with Crippen LogP contribution in [0.1, 0.15) is 52.9 Å². The van der Waals surface area contributed by atoms with Gasteiger partial charge in [0.05, 0.1) is 30.7 Å². The Morgan fingerprint density at radius 1 is 0.846 bits per heavy atom. The number of amides is 4. The zero-order valence-corrected chi connectivity index (χ0v) is 24.7. The average molecular weight is 613 g/mol. The van der Waals surface area contributed by atoms with Gasteiger partial charge in [0.1, 0.15) is 0 Å². The molecule has 39 heavy (non-hydrogen) atoms. The van der Waals surface area contributed by atoms with Crippen LogP contribution in [-0.2, 0) is 46.4 Å². The second-order valence-electron chi connectivity index (χ2n) is 9.62. The van der Waals surface area contributed by atoms with Crippen LogP contribution in [-0.4, -0.2) is 82.9 Å². The van der Waals surface area contributed by atoms with Gasteiger partial charge in [-0.25, -0.2) is 0 Å². The van der Waals surface area contributed by atoms with Crippen LogP contribution in [0.25, 0.3) is 0 Å². The largest absolute Gasteiger partial charge is 0.756 e. The Morgan fingerprint density at radius 2 is 1.38 bits per heavy atom. The second-order valence-corrected chi connectivity index (χ2v) is 13.7. The van der Waals surface area contributed by atoms with E-state index in [-0.39, 0.29) is 37.9 Å². The van der Waals surface area contributed by atoms with Crippen LogP contribution in [0.3, 0.4) is 0 Å². The van der Waals surface area contributed by atoms with Crippen LogP contribution in [0.15, 0.2) is 12.2 Å². The number of carbonyl (C=O) groups is 4. The highest BCUT2D eigenvalue weighted by Gasteiger charge is 2.39. The lowest BCUT2D eigenvalue weighted by atomic mass is 10.2. The van der Waals surface area contributed by atoms with Crippen molar-refractivity contribution in [2.75, 3.05) is 38.7 Å². The van der Waals surface area contributed by atoms with E-state index in [1.807, 2.05) is 0 Å². The van der Waals surface area contributed by atoms with Crippen molar-refractivity contribution in [3.63, 3.8) is 0 Å². The number of carbonyl (C=O) groups excluding carboxylic acids is 4. The predicted molar refractivity (Wildman–Crippen MR) is 136 cm³/mol. The van der Waals surface area contributed by atoms with Crippen molar-refractivity contribution in [3.05, 3.63) is 12.2 Å². The van der Waals surface area contributed by atoms with Gasteiger partial charge in [0, 0.05) is 31.7 Å². The molecule has 3 unspecified atom stereocenters. The molecule has 0 aromatic heterocycles. The number of likely N-dealkylation sites (tertiary alicyclic amines) is 1. The van der Waals surface area contributed by atoms with Crippen LogP contribution in [0.5, 0.6) is 0 Å². The first-order valence-corrected chi connectivity index (χ1v) is 16.3. The molecule has 3 atom stereocenters. The molecule has 0 aromatic rings. The summed E-state index contributed by atoms with van der Waals surface area (Å²) in [6.45, 7) is 3.29. The first kappa shape index (κ1) is 33.8. The lowest BCUT2D eigenvalue weighted by Gasteiger charge is -2.30. The van der Waals surface area contributed by atoms with E-state index in [0.29, 0.717) is 18.6 Å². The second kappa shape index (κ2) is 15.0. The molecule has 2 aliphatic heterocycles. The molecule has 2 heterocycles. The van der Waals surface area contributed by atoms with Crippen LogP contribution >= 0.6 is 27.4 Å². The highest BCUT2D eigenvalue weighted by atomic mass is 32.2. The van der Waals surface area contributed by atoms with E-state index in [1.54, 1.807) is 0 Å². The lowest BCUT2D eigenvalue weighted by molar-refractivity contribution is -0.238. The number of nitrogens with zero attached hydrogens (tertiary/aromatic N) is 2. The minimum Gasteiger partial charge on any atom is -0.756 e. The van der Waals surface area contributed by atoms with E-state index >= 15 is 0 Å². The van der Waals surface area contributed by atoms with Crippen molar-refractivity contribution in [1.29, 1.82) is 0 Å². The molecular formula is C22H34N2O12P2S-2. The van der Waals surface area contributed by atoms with E-state index in [1.165, 1.54) is 32.5 Å². The van der Waals surface area contributed by atoms with Gasteiger partial charge in [-0.2, -0.15) is 0 Å². The third-order valence-corrected chi connectivity index (χ3v) is 8.79. The molecule has 14 nitrogen and oxygen atoms in total.